The van der Waals surface area contributed by atoms with Gasteiger partial charge in [0, 0.05) is 27.9 Å². The molecule has 148 valence electrons. The molecule has 4 rings (SSSR count). The van der Waals surface area contributed by atoms with Crippen molar-refractivity contribution in [2.24, 2.45) is 9.98 Å². The second-order valence-corrected chi connectivity index (χ2v) is 7.08. The van der Waals surface area contributed by atoms with Crippen LogP contribution in [0.1, 0.15) is 25.0 Å². The topological polar surface area (TPSA) is 65.2 Å². The Morgan fingerprint density at radius 2 is 1.00 bits per heavy atom. The van der Waals surface area contributed by atoms with Crippen LogP contribution in [0.2, 0.25) is 0 Å². The Hall–Kier alpha value is -3.92. The van der Waals surface area contributed by atoms with Gasteiger partial charge in [-0.2, -0.15) is 0 Å². The molecule has 2 N–H and O–H groups in total. The highest BCUT2D eigenvalue weighted by Crippen LogP contribution is 2.36. The molecule has 0 aliphatic carbocycles. The van der Waals surface area contributed by atoms with Crippen molar-refractivity contribution in [2.45, 2.75) is 13.8 Å². The third-order valence-corrected chi connectivity index (χ3v) is 5.02. The van der Waals surface area contributed by atoms with E-state index >= 15 is 0 Å². The van der Waals surface area contributed by atoms with Gasteiger partial charge in [0.05, 0.1) is 11.4 Å². The van der Waals surface area contributed by atoms with E-state index in [9.17, 15) is 10.2 Å². The normalized spacial score (nSPS) is 12.3. The predicted octanol–water partition coefficient (Wildman–Crippen LogP) is 6.53. The molecule has 30 heavy (non-hydrogen) atoms. The van der Waals surface area contributed by atoms with E-state index in [1.165, 1.54) is 0 Å². The Bertz CT molecular complexity index is 1190. The molecular weight excluding hydrogens is 372 g/mol. The van der Waals surface area contributed by atoms with Crippen LogP contribution < -0.4 is 0 Å². The van der Waals surface area contributed by atoms with Crippen molar-refractivity contribution in [1.29, 1.82) is 0 Å². The molecule has 0 aliphatic heterocycles. The standard InChI is InChI=1S/C26H22N2O2/c1-17(20-11-3-5-15-24(20)29)27-22-13-7-9-19-10-8-14-23(26(19)22)28-18(2)21-12-4-6-16-25(21)30/h3-16,29-30H,1-2H3. The van der Waals surface area contributed by atoms with Gasteiger partial charge in [0.1, 0.15) is 11.5 Å². The Labute approximate surface area is 175 Å². The summed E-state index contributed by atoms with van der Waals surface area (Å²) >= 11 is 0. The molecule has 4 aromatic rings. The number of para-hydroxylation sites is 2. The Kier molecular flexibility index (Phi) is 5.31. The van der Waals surface area contributed by atoms with E-state index in [1.807, 2.05) is 74.5 Å². The molecule has 0 heterocycles. The lowest BCUT2D eigenvalue weighted by molar-refractivity contribution is 0.473. The van der Waals surface area contributed by atoms with Crippen LogP contribution in [0.5, 0.6) is 11.5 Å². The average Bonchev–Trinajstić information content (AvgIpc) is 2.74. The first-order valence-electron chi connectivity index (χ1n) is 9.73. The first-order valence-corrected chi connectivity index (χ1v) is 9.73. The molecule has 4 aromatic carbocycles. The number of benzene rings is 4. The fourth-order valence-electron chi connectivity index (χ4n) is 3.53. The highest BCUT2D eigenvalue weighted by molar-refractivity contribution is 6.09. The summed E-state index contributed by atoms with van der Waals surface area (Å²) in [5.74, 6) is 0.403. The third kappa shape index (κ3) is 3.80. The second-order valence-electron chi connectivity index (χ2n) is 7.08. The minimum Gasteiger partial charge on any atom is -0.507 e. The molecule has 0 unspecified atom stereocenters. The molecule has 0 radical (unpaired) electrons. The van der Waals surface area contributed by atoms with Crippen molar-refractivity contribution < 1.29 is 10.2 Å². The summed E-state index contributed by atoms with van der Waals surface area (Å²) in [4.78, 5) is 9.63. The SMILES string of the molecule is CC(=Nc1cccc2cccc(N=C(C)c3ccccc3O)c12)c1ccccc1O. The smallest absolute Gasteiger partial charge is 0.124 e. The Morgan fingerprint density at radius 1 is 0.567 bits per heavy atom. The molecule has 0 amide bonds. The van der Waals surface area contributed by atoms with Crippen LogP contribution in [0.3, 0.4) is 0 Å². The molecule has 0 saturated heterocycles. The maximum atomic E-state index is 10.2. The van der Waals surface area contributed by atoms with Crippen LogP contribution in [0, 0.1) is 0 Å². The number of phenols is 2. The van der Waals surface area contributed by atoms with Gasteiger partial charge in [-0.05, 0) is 55.6 Å². The van der Waals surface area contributed by atoms with E-state index in [4.69, 9.17) is 9.98 Å². The number of fused-ring (bicyclic) bond motifs is 1. The van der Waals surface area contributed by atoms with Gasteiger partial charge < -0.3 is 10.2 Å². The lowest BCUT2D eigenvalue weighted by Crippen LogP contribution is -1.95. The molecule has 0 aliphatic rings. The fraction of sp³-hybridized carbons (Fsp3) is 0.0769. The molecule has 0 aromatic heterocycles. The number of phenolic OH excluding ortho intramolecular Hbond substituents is 2. The molecule has 4 heteroatoms. The van der Waals surface area contributed by atoms with E-state index < -0.39 is 0 Å². The summed E-state index contributed by atoms with van der Waals surface area (Å²) in [5.41, 5.74) is 4.38. The minimum absolute atomic E-state index is 0.202. The highest BCUT2D eigenvalue weighted by atomic mass is 16.3. The van der Waals surface area contributed by atoms with Crippen molar-refractivity contribution in [3.63, 3.8) is 0 Å². The zero-order valence-corrected chi connectivity index (χ0v) is 16.9. The van der Waals surface area contributed by atoms with Crippen molar-refractivity contribution in [3.05, 3.63) is 96.1 Å². The van der Waals surface area contributed by atoms with Gasteiger partial charge in [-0.3, -0.25) is 9.98 Å². The molecule has 0 fully saturated rings. The number of rotatable bonds is 4. The predicted molar refractivity (Wildman–Crippen MR) is 124 cm³/mol. The van der Waals surface area contributed by atoms with Crippen LogP contribution in [-0.2, 0) is 0 Å². The van der Waals surface area contributed by atoms with Gasteiger partial charge in [0.25, 0.3) is 0 Å². The monoisotopic (exact) mass is 394 g/mol. The average molecular weight is 394 g/mol. The maximum absolute atomic E-state index is 10.2. The first-order chi connectivity index (χ1) is 14.5. The van der Waals surface area contributed by atoms with E-state index in [2.05, 4.69) is 0 Å². The van der Waals surface area contributed by atoms with Crippen molar-refractivity contribution in [2.75, 3.05) is 0 Å². The van der Waals surface area contributed by atoms with Crippen molar-refractivity contribution in [3.8, 4) is 11.5 Å². The number of hydrogen-bond donors (Lipinski definition) is 2. The zero-order valence-electron chi connectivity index (χ0n) is 16.9. The molecule has 0 saturated carbocycles. The Balaban J connectivity index is 1.88. The number of nitrogens with zero attached hydrogens (tertiary/aromatic N) is 2. The Morgan fingerprint density at radius 3 is 1.43 bits per heavy atom. The summed E-state index contributed by atoms with van der Waals surface area (Å²) in [6, 6.07) is 26.2. The van der Waals surface area contributed by atoms with E-state index in [0.717, 1.165) is 33.6 Å². The van der Waals surface area contributed by atoms with Crippen LogP contribution in [-0.4, -0.2) is 21.6 Å². The zero-order chi connectivity index (χ0) is 21.1. The summed E-state index contributed by atoms with van der Waals surface area (Å²) < 4.78 is 0. The number of aliphatic imine (C=N–C) groups is 2. The van der Waals surface area contributed by atoms with Gasteiger partial charge in [-0.25, -0.2) is 0 Å². The molecule has 0 bridgehead atoms. The third-order valence-electron chi connectivity index (χ3n) is 5.02. The lowest BCUT2D eigenvalue weighted by atomic mass is 10.1. The van der Waals surface area contributed by atoms with Crippen molar-refractivity contribution >= 4 is 33.6 Å². The van der Waals surface area contributed by atoms with Crippen LogP contribution in [0.4, 0.5) is 11.4 Å². The van der Waals surface area contributed by atoms with Gasteiger partial charge in [0.2, 0.25) is 0 Å². The highest BCUT2D eigenvalue weighted by Gasteiger charge is 2.10. The fourth-order valence-corrected chi connectivity index (χ4v) is 3.53. The van der Waals surface area contributed by atoms with E-state index in [0.29, 0.717) is 11.1 Å². The molecular formula is C26H22N2O2. The van der Waals surface area contributed by atoms with Gasteiger partial charge in [0.15, 0.2) is 0 Å². The largest absolute Gasteiger partial charge is 0.507 e. The van der Waals surface area contributed by atoms with E-state index in [-0.39, 0.29) is 11.5 Å². The van der Waals surface area contributed by atoms with Gasteiger partial charge in [-0.1, -0.05) is 48.5 Å². The second kappa shape index (κ2) is 8.21. The van der Waals surface area contributed by atoms with Gasteiger partial charge in [-0.15, -0.1) is 0 Å². The van der Waals surface area contributed by atoms with Crippen LogP contribution in [0.15, 0.2) is 94.9 Å². The summed E-state index contributed by atoms with van der Waals surface area (Å²) in [5, 5.41) is 22.3. The first kappa shape index (κ1) is 19.4. The minimum atomic E-state index is 0.202. The van der Waals surface area contributed by atoms with Crippen molar-refractivity contribution in [1.82, 2.24) is 0 Å². The number of aromatic hydroxyl groups is 2. The summed E-state index contributed by atoms with van der Waals surface area (Å²) in [6.45, 7) is 3.76. The summed E-state index contributed by atoms with van der Waals surface area (Å²) in [6.07, 6.45) is 0. The number of hydrogen-bond acceptors (Lipinski definition) is 4. The molecule has 0 atom stereocenters. The van der Waals surface area contributed by atoms with Crippen LogP contribution >= 0.6 is 0 Å². The summed E-state index contributed by atoms with van der Waals surface area (Å²) in [7, 11) is 0. The molecule has 0 spiro atoms. The van der Waals surface area contributed by atoms with Crippen LogP contribution in [0.25, 0.3) is 10.8 Å². The lowest BCUT2D eigenvalue weighted by Gasteiger charge is -2.10. The quantitative estimate of drug-likeness (QED) is 0.386. The van der Waals surface area contributed by atoms with Gasteiger partial charge >= 0.3 is 0 Å². The van der Waals surface area contributed by atoms with E-state index in [1.54, 1.807) is 24.3 Å². The molecule has 4 nitrogen and oxygen atoms in total. The maximum Gasteiger partial charge on any atom is 0.124 e.